The van der Waals surface area contributed by atoms with Gasteiger partial charge < -0.3 is 9.47 Å². The van der Waals surface area contributed by atoms with Crippen LogP contribution >= 0.6 is 0 Å². The van der Waals surface area contributed by atoms with Crippen LogP contribution in [0.15, 0.2) is 53.6 Å². The second-order valence-electron chi connectivity index (χ2n) is 6.50. The number of methoxy groups -OCH3 is 2. The van der Waals surface area contributed by atoms with E-state index >= 15 is 0 Å². The minimum absolute atomic E-state index is 0.142. The number of nitrogens with zero attached hydrogens (tertiary/aromatic N) is 3. The summed E-state index contributed by atoms with van der Waals surface area (Å²) < 4.78 is 9.39. The summed E-state index contributed by atoms with van der Waals surface area (Å²) in [6.07, 6.45) is 1.17. The molecule has 2 aromatic carbocycles. The predicted octanol–water partition coefficient (Wildman–Crippen LogP) is 2.07. The highest BCUT2D eigenvalue weighted by Gasteiger charge is 2.36. The molecule has 1 amide bonds. The molecule has 0 aromatic heterocycles. The van der Waals surface area contributed by atoms with Gasteiger partial charge in [-0.15, -0.1) is 0 Å². The fraction of sp³-hybridized carbons (Fsp3) is 0.238. The summed E-state index contributed by atoms with van der Waals surface area (Å²) in [5.41, 5.74) is 2.43. The monoisotopic (exact) mass is 395 g/mol. The molecule has 0 bridgehead atoms. The van der Waals surface area contributed by atoms with Gasteiger partial charge in [-0.1, -0.05) is 24.3 Å². The van der Waals surface area contributed by atoms with Crippen molar-refractivity contribution in [2.24, 2.45) is 5.10 Å². The standard InChI is InChI=1S/C21H21N3O5/c1-23-13-18(25)24(19(23)15-8-10-17(11-9-15)21(27)29-3)22-12-14-4-6-16(7-5-14)20(26)28-2/h4-12,19H,13H2,1-3H3/b22-12-/t19-/m1/s1. The summed E-state index contributed by atoms with van der Waals surface area (Å²) in [5, 5.41) is 5.76. The number of benzene rings is 2. The minimum Gasteiger partial charge on any atom is -0.465 e. The van der Waals surface area contributed by atoms with Gasteiger partial charge in [0.05, 0.1) is 38.1 Å². The molecule has 1 aliphatic rings. The summed E-state index contributed by atoms with van der Waals surface area (Å²) >= 11 is 0. The molecular weight excluding hydrogens is 374 g/mol. The van der Waals surface area contributed by atoms with Crippen molar-refractivity contribution >= 4 is 24.1 Å². The highest BCUT2D eigenvalue weighted by molar-refractivity contribution is 5.91. The average molecular weight is 395 g/mol. The zero-order valence-electron chi connectivity index (χ0n) is 16.4. The average Bonchev–Trinajstić information content (AvgIpc) is 3.04. The summed E-state index contributed by atoms with van der Waals surface area (Å²) in [6.45, 7) is 0.224. The Morgan fingerprint density at radius 2 is 1.48 bits per heavy atom. The highest BCUT2D eigenvalue weighted by atomic mass is 16.5. The SMILES string of the molecule is COC(=O)c1ccc(/C=N\N2C(=O)CN(C)[C@H]2c2ccc(C(=O)OC)cc2)cc1. The lowest BCUT2D eigenvalue weighted by molar-refractivity contribution is -0.128. The number of amides is 1. The Labute approximate surface area is 168 Å². The molecule has 3 rings (SSSR count). The Bertz CT molecular complexity index is 938. The molecule has 8 nitrogen and oxygen atoms in total. The topological polar surface area (TPSA) is 88.5 Å². The van der Waals surface area contributed by atoms with E-state index in [2.05, 4.69) is 9.84 Å². The van der Waals surface area contributed by atoms with Crippen molar-refractivity contribution in [1.82, 2.24) is 9.91 Å². The number of likely N-dealkylation sites (N-methyl/N-ethyl adjacent to an activating group) is 1. The van der Waals surface area contributed by atoms with Gasteiger partial charge in [0.25, 0.3) is 5.91 Å². The first-order valence-electron chi connectivity index (χ1n) is 8.87. The van der Waals surface area contributed by atoms with Gasteiger partial charge in [-0.05, 0) is 42.4 Å². The lowest BCUT2D eigenvalue weighted by Crippen LogP contribution is -2.26. The third-order valence-electron chi connectivity index (χ3n) is 4.58. The molecule has 29 heavy (non-hydrogen) atoms. The molecule has 0 N–H and O–H groups in total. The molecule has 0 aliphatic carbocycles. The fourth-order valence-electron chi connectivity index (χ4n) is 3.08. The molecule has 1 atom stereocenters. The Morgan fingerprint density at radius 1 is 0.966 bits per heavy atom. The Balaban J connectivity index is 1.81. The molecule has 1 heterocycles. The van der Waals surface area contributed by atoms with Crippen LogP contribution in [0.1, 0.15) is 38.0 Å². The molecule has 0 spiro atoms. The number of rotatable bonds is 5. The van der Waals surface area contributed by atoms with Crippen LogP contribution in [0, 0.1) is 0 Å². The van der Waals surface area contributed by atoms with Crippen molar-refractivity contribution in [3.05, 3.63) is 70.8 Å². The van der Waals surface area contributed by atoms with Crippen molar-refractivity contribution < 1.29 is 23.9 Å². The van der Waals surface area contributed by atoms with Gasteiger partial charge in [0.1, 0.15) is 6.17 Å². The molecule has 2 aromatic rings. The van der Waals surface area contributed by atoms with Gasteiger partial charge in [-0.2, -0.15) is 5.10 Å². The second-order valence-corrected chi connectivity index (χ2v) is 6.50. The molecule has 1 fully saturated rings. The molecule has 1 aliphatic heterocycles. The Morgan fingerprint density at radius 3 is 2.00 bits per heavy atom. The Kier molecular flexibility index (Phi) is 6.04. The van der Waals surface area contributed by atoms with Gasteiger partial charge in [0.2, 0.25) is 0 Å². The van der Waals surface area contributed by atoms with Crippen LogP contribution in [0.4, 0.5) is 0 Å². The van der Waals surface area contributed by atoms with Crippen molar-refractivity contribution in [3.63, 3.8) is 0 Å². The fourth-order valence-corrected chi connectivity index (χ4v) is 3.08. The second kappa shape index (κ2) is 8.66. The van der Waals surface area contributed by atoms with Crippen molar-refractivity contribution in [2.45, 2.75) is 6.17 Å². The zero-order chi connectivity index (χ0) is 21.0. The number of ether oxygens (including phenoxy) is 2. The molecule has 150 valence electrons. The van der Waals surface area contributed by atoms with Crippen LogP contribution in [0.5, 0.6) is 0 Å². The number of hydrazone groups is 1. The summed E-state index contributed by atoms with van der Waals surface area (Å²) in [5.74, 6) is -0.977. The quantitative estimate of drug-likeness (QED) is 0.569. The normalized spacial score (nSPS) is 17.0. The van der Waals surface area contributed by atoms with Gasteiger partial charge in [0, 0.05) is 0 Å². The van der Waals surface area contributed by atoms with E-state index in [0.29, 0.717) is 11.1 Å². The van der Waals surface area contributed by atoms with Gasteiger partial charge in [-0.25, -0.2) is 14.6 Å². The number of carbonyl (C=O) groups excluding carboxylic acids is 3. The minimum atomic E-state index is -0.419. The van der Waals surface area contributed by atoms with Gasteiger partial charge >= 0.3 is 11.9 Å². The van der Waals surface area contributed by atoms with E-state index in [9.17, 15) is 14.4 Å². The molecular formula is C21H21N3O5. The van der Waals surface area contributed by atoms with E-state index in [-0.39, 0.29) is 18.6 Å². The maximum atomic E-state index is 12.4. The Hall–Kier alpha value is -3.52. The van der Waals surface area contributed by atoms with E-state index in [1.54, 1.807) is 54.7 Å². The van der Waals surface area contributed by atoms with Crippen molar-refractivity contribution in [1.29, 1.82) is 0 Å². The van der Waals surface area contributed by atoms with Crippen LogP contribution in [0.2, 0.25) is 0 Å². The largest absolute Gasteiger partial charge is 0.465 e. The summed E-state index contributed by atoms with van der Waals surface area (Å²) in [6, 6.07) is 13.6. The van der Waals surface area contributed by atoms with Crippen molar-refractivity contribution in [3.8, 4) is 0 Å². The smallest absolute Gasteiger partial charge is 0.337 e. The van der Waals surface area contributed by atoms with E-state index in [0.717, 1.165) is 11.1 Å². The van der Waals surface area contributed by atoms with Crippen LogP contribution in [-0.2, 0) is 14.3 Å². The molecule has 0 unspecified atom stereocenters. The number of hydrogen-bond acceptors (Lipinski definition) is 7. The lowest BCUT2D eigenvalue weighted by Gasteiger charge is -2.24. The van der Waals surface area contributed by atoms with E-state index in [4.69, 9.17) is 4.74 Å². The molecule has 8 heteroatoms. The molecule has 0 radical (unpaired) electrons. The van der Waals surface area contributed by atoms with Crippen LogP contribution in [0.3, 0.4) is 0 Å². The number of esters is 2. The van der Waals surface area contributed by atoms with Crippen LogP contribution < -0.4 is 0 Å². The predicted molar refractivity (Wildman–Crippen MR) is 105 cm³/mol. The van der Waals surface area contributed by atoms with Crippen LogP contribution in [0.25, 0.3) is 0 Å². The van der Waals surface area contributed by atoms with Gasteiger partial charge in [0.15, 0.2) is 0 Å². The van der Waals surface area contributed by atoms with Gasteiger partial charge in [-0.3, -0.25) is 9.69 Å². The lowest BCUT2D eigenvalue weighted by atomic mass is 10.1. The maximum absolute atomic E-state index is 12.4. The van der Waals surface area contributed by atoms with E-state index < -0.39 is 11.9 Å². The first-order chi connectivity index (χ1) is 13.9. The third kappa shape index (κ3) is 4.33. The third-order valence-corrected chi connectivity index (χ3v) is 4.58. The number of hydrogen-bond donors (Lipinski definition) is 0. The summed E-state index contributed by atoms with van der Waals surface area (Å²) in [7, 11) is 4.48. The molecule has 1 saturated heterocycles. The van der Waals surface area contributed by atoms with E-state index in [1.807, 2.05) is 11.9 Å². The first-order valence-corrected chi connectivity index (χ1v) is 8.87. The van der Waals surface area contributed by atoms with Crippen LogP contribution in [-0.4, -0.2) is 61.8 Å². The first kappa shape index (κ1) is 20.2. The zero-order valence-corrected chi connectivity index (χ0v) is 16.4. The number of carbonyl (C=O) groups is 3. The van der Waals surface area contributed by atoms with Crippen molar-refractivity contribution in [2.75, 3.05) is 27.8 Å². The molecule has 0 saturated carbocycles. The summed E-state index contributed by atoms with van der Waals surface area (Å²) in [4.78, 5) is 37.4. The highest BCUT2D eigenvalue weighted by Crippen LogP contribution is 2.30. The maximum Gasteiger partial charge on any atom is 0.337 e. The van der Waals surface area contributed by atoms with E-state index in [1.165, 1.54) is 19.2 Å².